The van der Waals surface area contributed by atoms with E-state index in [4.69, 9.17) is 11.6 Å². The van der Waals surface area contributed by atoms with Crippen LogP contribution in [0.4, 0.5) is 17.6 Å². The molecule has 0 aromatic heterocycles. The molecule has 7 heteroatoms. The van der Waals surface area contributed by atoms with Crippen LogP contribution in [0.5, 0.6) is 0 Å². The van der Waals surface area contributed by atoms with E-state index < -0.39 is 29.0 Å². The quantitative estimate of drug-likeness (QED) is 0.232. The number of benzene rings is 3. The van der Waals surface area contributed by atoms with Crippen molar-refractivity contribution in [3.8, 4) is 0 Å². The Morgan fingerprint density at radius 3 is 2.08 bits per heavy atom. The molecule has 3 rings (SSSR count). The van der Waals surface area contributed by atoms with Gasteiger partial charge in [0.2, 0.25) is 0 Å². The minimum atomic E-state index is -4.69. The maximum atomic E-state index is 15.2. The van der Waals surface area contributed by atoms with E-state index in [2.05, 4.69) is 13.8 Å². The largest absolute Gasteiger partial charge is 0.416 e. The van der Waals surface area contributed by atoms with Gasteiger partial charge in [0.15, 0.2) is 0 Å². The van der Waals surface area contributed by atoms with Crippen LogP contribution in [0.3, 0.4) is 0 Å². The molecule has 0 bridgehead atoms. The lowest BCUT2D eigenvalue weighted by Crippen LogP contribution is -2.33. The number of nitrogens with zero attached hydrogens (tertiary/aromatic N) is 1. The Balaban J connectivity index is 1.96. The molecule has 1 amide bonds. The van der Waals surface area contributed by atoms with Gasteiger partial charge in [-0.1, -0.05) is 75.7 Å². The van der Waals surface area contributed by atoms with Crippen LogP contribution in [-0.4, -0.2) is 17.4 Å². The first-order chi connectivity index (χ1) is 17.9. The first-order valence-corrected chi connectivity index (χ1v) is 13.3. The van der Waals surface area contributed by atoms with Crippen molar-refractivity contribution in [2.24, 2.45) is 5.92 Å². The van der Waals surface area contributed by atoms with E-state index in [0.29, 0.717) is 23.4 Å². The Labute approximate surface area is 227 Å². The Morgan fingerprint density at radius 1 is 0.895 bits per heavy atom. The average Bonchev–Trinajstić information content (AvgIpc) is 2.87. The van der Waals surface area contributed by atoms with Crippen molar-refractivity contribution >= 4 is 17.5 Å². The summed E-state index contributed by atoms with van der Waals surface area (Å²) in [6, 6.07) is 14.9. The van der Waals surface area contributed by atoms with Crippen LogP contribution in [0, 0.1) is 11.7 Å². The van der Waals surface area contributed by atoms with Gasteiger partial charge in [-0.2, -0.15) is 13.2 Å². The predicted molar refractivity (Wildman–Crippen MR) is 145 cm³/mol. The second-order valence-corrected chi connectivity index (χ2v) is 10.4. The van der Waals surface area contributed by atoms with E-state index in [1.165, 1.54) is 4.90 Å². The lowest BCUT2D eigenvalue weighted by atomic mass is 10.00. The molecule has 2 nitrogen and oxygen atoms in total. The molecule has 0 fully saturated rings. The molecule has 0 radical (unpaired) electrons. The summed E-state index contributed by atoms with van der Waals surface area (Å²) in [6.45, 7) is 8.16. The Kier molecular flexibility index (Phi) is 10.00. The van der Waals surface area contributed by atoms with Gasteiger partial charge in [0.25, 0.3) is 5.91 Å². The van der Waals surface area contributed by atoms with Gasteiger partial charge >= 0.3 is 6.18 Å². The number of amides is 1. The molecule has 0 spiro atoms. The standard InChI is InChI=1S/C31H34ClF4NO/c1-5-24-16-22(11-12-28(24)32)13-14-37(19-23-9-7-21(8-10-23)15-20(3)4)30(38)27-18-26(31(34,35)36)17-25(6-2)29(27)33/h7-12,16-18,20H,5-6,13-15,19H2,1-4H3. The van der Waals surface area contributed by atoms with Crippen molar-refractivity contribution < 1.29 is 22.4 Å². The highest BCUT2D eigenvalue weighted by Crippen LogP contribution is 2.33. The van der Waals surface area contributed by atoms with Crippen molar-refractivity contribution in [1.82, 2.24) is 4.90 Å². The van der Waals surface area contributed by atoms with Crippen molar-refractivity contribution in [3.63, 3.8) is 0 Å². The maximum absolute atomic E-state index is 15.2. The van der Waals surface area contributed by atoms with E-state index in [9.17, 15) is 18.0 Å². The number of aryl methyl sites for hydroxylation is 2. The second-order valence-electron chi connectivity index (χ2n) is 10.0. The zero-order valence-corrected chi connectivity index (χ0v) is 23.0. The van der Waals surface area contributed by atoms with Crippen molar-refractivity contribution in [1.29, 1.82) is 0 Å². The van der Waals surface area contributed by atoms with E-state index >= 15 is 4.39 Å². The van der Waals surface area contributed by atoms with Crippen LogP contribution < -0.4 is 0 Å². The number of carbonyl (C=O) groups is 1. The molecule has 0 aliphatic carbocycles. The van der Waals surface area contributed by atoms with Crippen LogP contribution in [0.25, 0.3) is 0 Å². The molecule has 0 aliphatic rings. The van der Waals surface area contributed by atoms with Crippen LogP contribution in [0.2, 0.25) is 5.02 Å². The summed E-state index contributed by atoms with van der Waals surface area (Å²) in [4.78, 5) is 15.1. The number of rotatable bonds is 10. The van der Waals surface area contributed by atoms with Gasteiger partial charge in [-0.05, 0) is 77.6 Å². The number of halogens is 5. The normalized spacial score (nSPS) is 11.7. The van der Waals surface area contributed by atoms with Crippen molar-refractivity contribution in [3.05, 3.63) is 104 Å². The van der Waals surface area contributed by atoms with Gasteiger partial charge in [-0.3, -0.25) is 4.79 Å². The van der Waals surface area contributed by atoms with E-state index in [0.717, 1.165) is 41.2 Å². The lowest BCUT2D eigenvalue weighted by Gasteiger charge is -2.25. The third-order valence-corrected chi connectivity index (χ3v) is 6.94. The number of hydrogen-bond acceptors (Lipinski definition) is 1. The molecule has 0 aliphatic heterocycles. The molecule has 0 saturated carbocycles. The molecule has 0 saturated heterocycles. The van der Waals surface area contributed by atoms with Gasteiger partial charge in [0, 0.05) is 18.1 Å². The lowest BCUT2D eigenvalue weighted by molar-refractivity contribution is -0.137. The molecule has 0 heterocycles. The first-order valence-electron chi connectivity index (χ1n) is 13.0. The first kappa shape index (κ1) is 29.7. The van der Waals surface area contributed by atoms with E-state index in [-0.39, 0.29) is 25.1 Å². The molecule has 204 valence electrons. The zero-order valence-electron chi connectivity index (χ0n) is 22.3. The van der Waals surface area contributed by atoms with E-state index in [1.54, 1.807) is 13.0 Å². The summed E-state index contributed by atoms with van der Waals surface area (Å²) < 4.78 is 56.0. The predicted octanol–water partition coefficient (Wildman–Crippen LogP) is 8.71. The average molecular weight is 548 g/mol. The number of carbonyl (C=O) groups excluding carboxylic acids is 1. The van der Waals surface area contributed by atoms with Gasteiger partial charge in [0.1, 0.15) is 5.82 Å². The highest BCUT2D eigenvalue weighted by atomic mass is 35.5. The second kappa shape index (κ2) is 12.8. The molecule has 3 aromatic carbocycles. The third-order valence-electron chi connectivity index (χ3n) is 6.58. The van der Waals surface area contributed by atoms with Gasteiger partial charge in [-0.25, -0.2) is 4.39 Å². The van der Waals surface area contributed by atoms with Crippen molar-refractivity contribution in [2.45, 2.75) is 66.1 Å². The maximum Gasteiger partial charge on any atom is 0.416 e. The topological polar surface area (TPSA) is 20.3 Å². The highest BCUT2D eigenvalue weighted by molar-refractivity contribution is 6.31. The Hall–Kier alpha value is -2.86. The Morgan fingerprint density at radius 2 is 1.50 bits per heavy atom. The smallest absolute Gasteiger partial charge is 0.334 e. The minimum absolute atomic E-state index is 0.0396. The molecule has 0 atom stereocenters. The summed E-state index contributed by atoms with van der Waals surface area (Å²) >= 11 is 6.24. The van der Waals surface area contributed by atoms with Crippen LogP contribution >= 0.6 is 11.6 Å². The van der Waals surface area contributed by atoms with Crippen LogP contribution in [-0.2, 0) is 38.4 Å². The summed E-state index contributed by atoms with van der Waals surface area (Å²) in [5.74, 6) is -1.18. The van der Waals surface area contributed by atoms with Gasteiger partial charge in [0.05, 0.1) is 11.1 Å². The summed E-state index contributed by atoms with van der Waals surface area (Å²) in [7, 11) is 0. The molecule has 38 heavy (non-hydrogen) atoms. The summed E-state index contributed by atoms with van der Waals surface area (Å²) in [5.41, 5.74) is 2.17. The monoisotopic (exact) mass is 547 g/mol. The van der Waals surface area contributed by atoms with Crippen LogP contribution in [0.15, 0.2) is 54.6 Å². The third kappa shape index (κ3) is 7.59. The van der Waals surface area contributed by atoms with Crippen LogP contribution in [0.1, 0.15) is 71.4 Å². The van der Waals surface area contributed by atoms with Crippen molar-refractivity contribution in [2.75, 3.05) is 6.54 Å². The van der Waals surface area contributed by atoms with Gasteiger partial charge in [-0.15, -0.1) is 0 Å². The molecule has 0 N–H and O–H groups in total. The Bertz CT molecular complexity index is 1250. The van der Waals surface area contributed by atoms with Gasteiger partial charge < -0.3 is 4.90 Å². The van der Waals surface area contributed by atoms with E-state index in [1.807, 2.05) is 43.3 Å². The molecule has 0 unspecified atom stereocenters. The zero-order chi connectivity index (χ0) is 28.0. The molecular weight excluding hydrogens is 514 g/mol. The highest BCUT2D eigenvalue weighted by Gasteiger charge is 2.34. The number of hydrogen-bond donors (Lipinski definition) is 0. The summed E-state index contributed by atoms with van der Waals surface area (Å²) in [5, 5.41) is 0.656. The SMILES string of the molecule is CCc1cc(CCN(Cc2ccc(CC(C)C)cc2)C(=O)c2cc(C(F)(F)F)cc(CC)c2F)ccc1Cl. The fourth-order valence-electron chi connectivity index (χ4n) is 4.48. The fraction of sp³-hybridized carbons (Fsp3) is 0.387. The number of alkyl halides is 3. The molecular formula is C31H34ClF4NO. The molecule has 3 aromatic rings. The minimum Gasteiger partial charge on any atom is -0.334 e. The summed E-state index contributed by atoms with van der Waals surface area (Å²) in [6.07, 6.45) is -2.55. The fourth-order valence-corrected chi connectivity index (χ4v) is 4.73.